The smallest absolute Gasteiger partial charge is 0.218 e. The molecule has 0 fully saturated rings. The standard InChI is InChI=1S/C9H5NO2S/c10-3-1-2-7-6-13-9-8(7)11-4-5-12-9/h6H,4-5H2. The Hall–Kier alpha value is -1.65. The molecule has 0 N–H and O–H groups in total. The molecular formula is C9H5NO2S. The molecule has 0 aliphatic carbocycles. The number of thiophene rings is 1. The summed E-state index contributed by atoms with van der Waals surface area (Å²) in [6.45, 7) is 1.13. The monoisotopic (exact) mass is 191 g/mol. The number of ether oxygens (including phenoxy) is 2. The highest BCUT2D eigenvalue weighted by Gasteiger charge is 2.17. The van der Waals surface area contributed by atoms with Gasteiger partial charge in [0.15, 0.2) is 11.8 Å². The van der Waals surface area contributed by atoms with Crippen molar-refractivity contribution in [1.29, 1.82) is 5.26 Å². The van der Waals surface area contributed by atoms with Gasteiger partial charge in [-0.3, -0.25) is 0 Å². The molecule has 1 aromatic rings. The molecule has 4 heteroatoms. The highest BCUT2D eigenvalue weighted by atomic mass is 32.1. The molecule has 2 rings (SSSR count). The summed E-state index contributed by atoms with van der Waals surface area (Å²) in [4.78, 5) is 0. The van der Waals surface area contributed by atoms with Crippen LogP contribution < -0.4 is 9.47 Å². The van der Waals surface area contributed by atoms with Crippen LogP contribution in [0.3, 0.4) is 0 Å². The largest absolute Gasteiger partial charge is 0.484 e. The van der Waals surface area contributed by atoms with Crippen molar-refractivity contribution in [2.75, 3.05) is 13.2 Å². The Labute approximate surface area is 79.5 Å². The summed E-state index contributed by atoms with van der Waals surface area (Å²) in [6, 6.07) is 1.76. The minimum Gasteiger partial charge on any atom is -0.484 e. The number of nitriles is 1. The fourth-order valence-electron chi connectivity index (χ4n) is 1.03. The maximum absolute atomic E-state index is 8.28. The lowest BCUT2D eigenvalue weighted by atomic mass is 10.3. The van der Waals surface area contributed by atoms with Crippen LogP contribution in [-0.4, -0.2) is 13.2 Å². The average Bonchev–Trinajstić information content (AvgIpc) is 2.58. The van der Waals surface area contributed by atoms with E-state index in [4.69, 9.17) is 14.7 Å². The first-order chi connectivity index (χ1) is 6.42. The van der Waals surface area contributed by atoms with E-state index < -0.39 is 0 Å². The van der Waals surface area contributed by atoms with E-state index in [1.807, 2.05) is 5.38 Å². The Balaban J connectivity index is 2.38. The summed E-state index contributed by atoms with van der Waals surface area (Å²) < 4.78 is 10.7. The second-order valence-corrected chi connectivity index (χ2v) is 3.17. The molecule has 1 aliphatic heterocycles. The van der Waals surface area contributed by atoms with Crippen molar-refractivity contribution in [3.63, 3.8) is 0 Å². The van der Waals surface area contributed by atoms with Crippen LogP contribution in [0.2, 0.25) is 0 Å². The van der Waals surface area contributed by atoms with Gasteiger partial charge in [0.05, 0.1) is 5.56 Å². The lowest BCUT2D eigenvalue weighted by molar-refractivity contribution is 0.177. The molecule has 64 valence electrons. The van der Waals surface area contributed by atoms with E-state index >= 15 is 0 Å². The first kappa shape index (κ1) is 7.97. The molecule has 0 radical (unpaired) electrons. The Morgan fingerprint density at radius 3 is 3.08 bits per heavy atom. The maximum atomic E-state index is 8.28. The topological polar surface area (TPSA) is 42.2 Å². The van der Waals surface area contributed by atoms with Crippen LogP contribution in [0.5, 0.6) is 10.8 Å². The molecule has 1 aliphatic rings. The van der Waals surface area contributed by atoms with Crippen LogP contribution in [0.25, 0.3) is 0 Å². The van der Waals surface area contributed by atoms with Crippen molar-refractivity contribution in [1.82, 2.24) is 0 Å². The van der Waals surface area contributed by atoms with E-state index in [1.165, 1.54) is 11.3 Å². The molecule has 0 saturated carbocycles. The minimum atomic E-state index is 0.547. The number of hydrogen-bond donors (Lipinski definition) is 0. The summed E-state index contributed by atoms with van der Waals surface area (Å²) in [7, 11) is 0. The first-order valence-electron chi connectivity index (χ1n) is 3.69. The highest BCUT2D eigenvalue weighted by molar-refractivity contribution is 7.12. The lowest BCUT2D eigenvalue weighted by Gasteiger charge is -2.14. The predicted octanol–water partition coefficient (Wildman–Crippen LogP) is 1.39. The van der Waals surface area contributed by atoms with E-state index in [9.17, 15) is 0 Å². The quantitative estimate of drug-likeness (QED) is 0.582. The molecule has 0 unspecified atom stereocenters. The molecule has 0 saturated heterocycles. The van der Waals surface area contributed by atoms with Crippen molar-refractivity contribution in [3.05, 3.63) is 10.9 Å². The normalized spacial score (nSPS) is 12.5. The molecule has 1 aromatic heterocycles. The van der Waals surface area contributed by atoms with Crippen LogP contribution in [0.4, 0.5) is 0 Å². The molecular weight excluding hydrogens is 186 g/mol. The van der Waals surface area contributed by atoms with Gasteiger partial charge in [0.1, 0.15) is 13.2 Å². The van der Waals surface area contributed by atoms with Crippen LogP contribution in [0.15, 0.2) is 5.38 Å². The van der Waals surface area contributed by atoms with Crippen molar-refractivity contribution >= 4 is 11.3 Å². The van der Waals surface area contributed by atoms with Gasteiger partial charge in [0.2, 0.25) is 5.06 Å². The third kappa shape index (κ3) is 1.44. The van der Waals surface area contributed by atoms with E-state index in [2.05, 4.69) is 11.8 Å². The highest BCUT2D eigenvalue weighted by Crippen LogP contribution is 2.39. The Bertz CT molecular complexity index is 419. The van der Waals surface area contributed by atoms with Gasteiger partial charge in [-0.25, -0.2) is 0 Å². The Morgan fingerprint density at radius 1 is 1.38 bits per heavy atom. The first-order valence-corrected chi connectivity index (χ1v) is 4.57. The zero-order valence-electron chi connectivity index (χ0n) is 6.66. The third-order valence-electron chi connectivity index (χ3n) is 1.53. The average molecular weight is 191 g/mol. The fourth-order valence-corrected chi connectivity index (χ4v) is 1.84. The van der Waals surface area contributed by atoms with E-state index in [-0.39, 0.29) is 0 Å². The SMILES string of the molecule is N#CC#Cc1csc2c1OCCO2. The van der Waals surface area contributed by atoms with Crippen molar-refractivity contribution in [2.45, 2.75) is 0 Å². The molecule has 0 spiro atoms. The summed E-state index contributed by atoms with van der Waals surface area (Å²) in [5, 5.41) is 10.9. The zero-order valence-corrected chi connectivity index (χ0v) is 7.48. The van der Waals surface area contributed by atoms with Gasteiger partial charge in [-0.15, -0.1) is 11.3 Å². The Kier molecular flexibility index (Phi) is 2.08. The van der Waals surface area contributed by atoms with Crippen molar-refractivity contribution in [2.24, 2.45) is 0 Å². The fraction of sp³-hybridized carbons (Fsp3) is 0.222. The number of fused-ring (bicyclic) bond motifs is 1. The molecule has 13 heavy (non-hydrogen) atoms. The summed E-state index contributed by atoms with van der Waals surface area (Å²) in [5.41, 5.74) is 0.737. The molecule has 0 amide bonds. The van der Waals surface area contributed by atoms with Crippen molar-refractivity contribution in [3.8, 4) is 28.7 Å². The maximum Gasteiger partial charge on any atom is 0.218 e. The molecule has 0 aromatic carbocycles. The zero-order chi connectivity index (χ0) is 9.10. The predicted molar refractivity (Wildman–Crippen MR) is 47.8 cm³/mol. The van der Waals surface area contributed by atoms with Gasteiger partial charge in [-0.1, -0.05) is 0 Å². The van der Waals surface area contributed by atoms with E-state index in [1.54, 1.807) is 6.07 Å². The van der Waals surface area contributed by atoms with Gasteiger partial charge < -0.3 is 9.47 Å². The van der Waals surface area contributed by atoms with Crippen LogP contribution in [0, 0.1) is 23.2 Å². The lowest BCUT2D eigenvalue weighted by Crippen LogP contribution is -2.14. The van der Waals surface area contributed by atoms with Gasteiger partial charge in [0, 0.05) is 11.3 Å². The Morgan fingerprint density at radius 2 is 2.23 bits per heavy atom. The van der Waals surface area contributed by atoms with Crippen LogP contribution >= 0.6 is 11.3 Å². The van der Waals surface area contributed by atoms with E-state index in [0.29, 0.717) is 19.0 Å². The number of nitrogens with zero attached hydrogens (tertiary/aromatic N) is 1. The summed E-state index contributed by atoms with van der Waals surface area (Å²) in [6.07, 6.45) is 0. The van der Waals surface area contributed by atoms with Gasteiger partial charge in [-0.05, 0) is 5.92 Å². The number of rotatable bonds is 0. The van der Waals surface area contributed by atoms with E-state index in [0.717, 1.165) is 10.6 Å². The second kappa shape index (κ2) is 3.38. The van der Waals surface area contributed by atoms with Crippen LogP contribution in [0.1, 0.15) is 5.56 Å². The number of hydrogen-bond acceptors (Lipinski definition) is 4. The van der Waals surface area contributed by atoms with Crippen molar-refractivity contribution < 1.29 is 9.47 Å². The van der Waals surface area contributed by atoms with Gasteiger partial charge >= 0.3 is 0 Å². The molecule has 0 bridgehead atoms. The summed E-state index contributed by atoms with van der Waals surface area (Å²) >= 11 is 1.44. The molecule has 3 nitrogen and oxygen atoms in total. The second-order valence-electron chi connectivity index (χ2n) is 2.32. The minimum absolute atomic E-state index is 0.547. The molecule has 0 atom stereocenters. The third-order valence-corrected chi connectivity index (χ3v) is 2.40. The van der Waals surface area contributed by atoms with Gasteiger partial charge in [-0.2, -0.15) is 5.26 Å². The van der Waals surface area contributed by atoms with Crippen LogP contribution in [-0.2, 0) is 0 Å². The van der Waals surface area contributed by atoms with Gasteiger partial charge in [0.25, 0.3) is 0 Å². The summed E-state index contributed by atoms with van der Waals surface area (Å²) in [5.74, 6) is 5.70. The molecule has 2 heterocycles.